The first-order valence-corrected chi connectivity index (χ1v) is 8.94. The SMILES string of the molecule is COc1ccc2cc(C(C)C(=O)NCc3c(C)cc(C)[nH]c3=O)ccc2c1. The number of ether oxygens (including phenoxy) is 1. The third-order valence-corrected chi connectivity index (χ3v) is 4.90. The first kappa shape index (κ1) is 18.7. The highest BCUT2D eigenvalue weighted by Gasteiger charge is 2.16. The van der Waals surface area contributed by atoms with Crippen molar-refractivity contribution in [3.8, 4) is 5.75 Å². The number of benzene rings is 2. The zero-order chi connectivity index (χ0) is 19.6. The lowest BCUT2D eigenvalue weighted by Crippen LogP contribution is -2.30. The van der Waals surface area contributed by atoms with Gasteiger partial charge in [0.2, 0.25) is 5.91 Å². The van der Waals surface area contributed by atoms with Gasteiger partial charge in [0.25, 0.3) is 5.56 Å². The second-order valence-corrected chi connectivity index (χ2v) is 6.86. The summed E-state index contributed by atoms with van der Waals surface area (Å²) in [6.45, 7) is 5.81. The number of H-pyrrole nitrogens is 1. The minimum absolute atomic E-state index is 0.109. The van der Waals surface area contributed by atoms with Crippen LogP contribution in [0.3, 0.4) is 0 Å². The highest BCUT2D eigenvalue weighted by atomic mass is 16.5. The maximum absolute atomic E-state index is 12.6. The molecule has 0 spiro atoms. The molecule has 27 heavy (non-hydrogen) atoms. The van der Waals surface area contributed by atoms with Crippen LogP contribution >= 0.6 is 0 Å². The van der Waals surface area contributed by atoms with E-state index in [-0.39, 0.29) is 23.9 Å². The van der Waals surface area contributed by atoms with Crippen molar-refractivity contribution in [1.82, 2.24) is 10.3 Å². The second kappa shape index (κ2) is 7.66. The van der Waals surface area contributed by atoms with Crippen LogP contribution in [0.15, 0.2) is 47.3 Å². The Morgan fingerprint density at radius 1 is 1.11 bits per heavy atom. The number of rotatable bonds is 5. The van der Waals surface area contributed by atoms with Crippen molar-refractivity contribution < 1.29 is 9.53 Å². The van der Waals surface area contributed by atoms with Crippen molar-refractivity contribution in [2.45, 2.75) is 33.2 Å². The summed E-state index contributed by atoms with van der Waals surface area (Å²) in [7, 11) is 1.64. The van der Waals surface area contributed by atoms with Crippen LogP contribution in [0.2, 0.25) is 0 Å². The van der Waals surface area contributed by atoms with Gasteiger partial charge in [0.05, 0.1) is 13.0 Å². The zero-order valence-corrected chi connectivity index (χ0v) is 16.1. The molecule has 3 rings (SSSR count). The van der Waals surface area contributed by atoms with E-state index in [1.165, 1.54) is 0 Å². The van der Waals surface area contributed by atoms with E-state index >= 15 is 0 Å². The number of nitrogens with one attached hydrogen (secondary N) is 2. The van der Waals surface area contributed by atoms with Crippen molar-refractivity contribution in [2.75, 3.05) is 7.11 Å². The fourth-order valence-electron chi connectivity index (χ4n) is 3.22. The van der Waals surface area contributed by atoms with Gasteiger partial charge in [-0.05, 0) is 60.9 Å². The Kier molecular flexibility index (Phi) is 5.31. The molecule has 140 valence electrons. The van der Waals surface area contributed by atoms with Crippen molar-refractivity contribution in [3.05, 3.63) is 75.2 Å². The summed E-state index contributed by atoms with van der Waals surface area (Å²) in [5, 5.41) is 5.00. The fraction of sp³-hybridized carbons (Fsp3) is 0.273. The normalized spacial score (nSPS) is 12.0. The van der Waals surface area contributed by atoms with Crippen LogP contribution in [0.1, 0.15) is 35.2 Å². The predicted octanol–water partition coefficient (Wildman–Crippen LogP) is 3.57. The summed E-state index contributed by atoms with van der Waals surface area (Å²) in [5.74, 6) is 0.378. The Balaban J connectivity index is 1.75. The monoisotopic (exact) mass is 364 g/mol. The molecule has 0 aliphatic carbocycles. The quantitative estimate of drug-likeness (QED) is 0.727. The molecular weight excluding hydrogens is 340 g/mol. The number of aromatic amines is 1. The van der Waals surface area contributed by atoms with E-state index in [1.807, 2.05) is 63.2 Å². The molecular formula is C22H24N2O3. The molecule has 1 atom stereocenters. The predicted molar refractivity (Wildman–Crippen MR) is 107 cm³/mol. The third-order valence-electron chi connectivity index (χ3n) is 4.90. The van der Waals surface area contributed by atoms with Crippen LogP contribution in [-0.4, -0.2) is 18.0 Å². The molecule has 0 bridgehead atoms. The van der Waals surface area contributed by atoms with Crippen LogP contribution < -0.4 is 15.6 Å². The van der Waals surface area contributed by atoms with Gasteiger partial charge in [-0.3, -0.25) is 9.59 Å². The van der Waals surface area contributed by atoms with E-state index in [0.29, 0.717) is 5.56 Å². The molecule has 5 heteroatoms. The number of pyridine rings is 1. The molecule has 1 unspecified atom stereocenters. The molecule has 5 nitrogen and oxygen atoms in total. The first-order chi connectivity index (χ1) is 12.9. The third kappa shape index (κ3) is 4.03. The lowest BCUT2D eigenvalue weighted by molar-refractivity contribution is -0.122. The van der Waals surface area contributed by atoms with E-state index < -0.39 is 0 Å². The van der Waals surface area contributed by atoms with Crippen LogP contribution in [0.4, 0.5) is 0 Å². The summed E-state index contributed by atoms with van der Waals surface area (Å²) in [6.07, 6.45) is 0. The number of hydrogen-bond donors (Lipinski definition) is 2. The van der Waals surface area contributed by atoms with E-state index in [0.717, 1.165) is 33.3 Å². The minimum atomic E-state index is -0.318. The molecule has 0 fully saturated rings. The zero-order valence-electron chi connectivity index (χ0n) is 16.1. The molecule has 0 saturated heterocycles. The molecule has 0 aliphatic rings. The maximum atomic E-state index is 12.6. The van der Waals surface area contributed by atoms with Gasteiger partial charge in [0.15, 0.2) is 0 Å². The summed E-state index contributed by atoms with van der Waals surface area (Å²) in [6, 6.07) is 13.7. The minimum Gasteiger partial charge on any atom is -0.497 e. The summed E-state index contributed by atoms with van der Waals surface area (Å²) < 4.78 is 5.25. The van der Waals surface area contributed by atoms with Crippen LogP contribution in [0.5, 0.6) is 5.75 Å². The van der Waals surface area contributed by atoms with Crippen molar-refractivity contribution in [1.29, 1.82) is 0 Å². The summed E-state index contributed by atoms with van der Waals surface area (Å²) >= 11 is 0. The molecule has 0 radical (unpaired) electrons. The van der Waals surface area contributed by atoms with E-state index in [1.54, 1.807) is 7.11 Å². The Morgan fingerprint density at radius 2 is 1.81 bits per heavy atom. The molecule has 3 aromatic rings. The Bertz CT molecular complexity index is 1050. The number of aryl methyl sites for hydroxylation is 2. The summed E-state index contributed by atoms with van der Waals surface area (Å²) in [5.41, 5.74) is 3.06. The Labute approximate surface area is 158 Å². The molecule has 0 aliphatic heterocycles. The summed E-state index contributed by atoms with van der Waals surface area (Å²) in [4.78, 5) is 27.5. The standard InChI is InChI=1S/C22H24N2O3/c1-13-9-14(2)24-22(26)20(13)12-23-21(25)15(3)16-5-6-18-11-19(27-4)8-7-17(18)10-16/h5-11,15H,12H2,1-4H3,(H,23,25)(H,24,26). The highest BCUT2D eigenvalue weighted by molar-refractivity contribution is 5.88. The largest absolute Gasteiger partial charge is 0.497 e. The number of carbonyl (C=O) groups is 1. The number of hydrogen-bond acceptors (Lipinski definition) is 3. The van der Waals surface area contributed by atoms with E-state index in [4.69, 9.17) is 4.74 Å². The topological polar surface area (TPSA) is 71.2 Å². The van der Waals surface area contributed by atoms with Crippen LogP contribution in [-0.2, 0) is 11.3 Å². The van der Waals surface area contributed by atoms with Gasteiger partial charge < -0.3 is 15.0 Å². The van der Waals surface area contributed by atoms with Gasteiger partial charge in [-0.15, -0.1) is 0 Å². The molecule has 1 heterocycles. The molecule has 2 N–H and O–H groups in total. The van der Waals surface area contributed by atoms with Crippen molar-refractivity contribution in [3.63, 3.8) is 0 Å². The number of amides is 1. The number of aromatic nitrogens is 1. The maximum Gasteiger partial charge on any atom is 0.253 e. The smallest absolute Gasteiger partial charge is 0.253 e. The average Bonchev–Trinajstić information content (AvgIpc) is 2.65. The molecule has 1 aromatic heterocycles. The van der Waals surface area contributed by atoms with E-state index in [2.05, 4.69) is 10.3 Å². The lowest BCUT2D eigenvalue weighted by atomic mass is 9.97. The van der Waals surface area contributed by atoms with Gasteiger partial charge in [-0.2, -0.15) is 0 Å². The molecule has 0 saturated carbocycles. The van der Waals surface area contributed by atoms with Gasteiger partial charge in [0.1, 0.15) is 5.75 Å². The van der Waals surface area contributed by atoms with Gasteiger partial charge in [-0.25, -0.2) is 0 Å². The molecule has 2 aromatic carbocycles. The second-order valence-electron chi connectivity index (χ2n) is 6.86. The number of fused-ring (bicyclic) bond motifs is 1. The van der Waals surface area contributed by atoms with E-state index in [9.17, 15) is 9.59 Å². The van der Waals surface area contributed by atoms with Crippen molar-refractivity contribution in [2.24, 2.45) is 0 Å². The Morgan fingerprint density at radius 3 is 2.52 bits per heavy atom. The average molecular weight is 364 g/mol. The van der Waals surface area contributed by atoms with Crippen LogP contribution in [0, 0.1) is 13.8 Å². The van der Waals surface area contributed by atoms with Gasteiger partial charge in [-0.1, -0.05) is 24.3 Å². The van der Waals surface area contributed by atoms with Crippen molar-refractivity contribution >= 4 is 16.7 Å². The molecule has 1 amide bonds. The fourth-order valence-corrected chi connectivity index (χ4v) is 3.22. The van der Waals surface area contributed by atoms with Gasteiger partial charge in [0, 0.05) is 17.8 Å². The lowest BCUT2D eigenvalue weighted by Gasteiger charge is -2.14. The van der Waals surface area contributed by atoms with Crippen LogP contribution in [0.25, 0.3) is 10.8 Å². The number of carbonyl (C=O) groups excluding carboxylic acids is 1. The first-order valence-electron chi connectivity index (χ1n) is 8.94. The Hall–Kier alpha value is -3.08. The number of methoxy groups -OCH3 is 1. The van der Waals surface area contributed by atoms with Gasteiger partial charge >= 0.3 is 0 Å². The highest BCUT2D eigenvalue weighted by Crippen LogP contribution is 2.25.